The van der Waals surface area contributed by atoms with Crippen molar-refractivity contribution in [3.8, 4) is 0 Å². The van der Waals surface area contributed by atoms with Gasteiger partial charge in [-0.15, -0.1) is 0 Å². The SMILES string of the molecule is C[C@@H]1CN(C(=O)c2ccc3ncccc3c2)C[C@@H](C)N1. The Hall–Kier alpha value is -1.94. The maximum Gasteiger partial charge on any atom is 0.253 e. The van der Waals surface area contributed by atoms with Gasteiger partial charge in [-0.3, -0.25) is 9.78 Å². The van der Waals surface area contributed by atoms with E-state index in [1.54, 1.807) is 6.20 Å². The van der Waals surface area contributed by atoms with Crippen LogP contribution in [0.15, 0.2) is 36.5 Å². The van der Waals surface area contributed by atoms with Gasteiger partial charge in [-0.2, -0.15) is 0 Å². The number of nitrogens with zero attached hydrogens (tertiary/aromatic N) is 2. The minimum atomic E-state index is 0.107. The molecule has 0 saturated carbocycles. The summed E-state index contributed by atoms with van der Waals surface area (Å²) in [5.74, 6) is 0.107. The predicted octanol–water partition coefficient (Wildman–Crippen LogP) is 2.06. The van der Waals surface area contributed by atoms with Gasteiger partial charge in [0.05, 0.1) is 5.52 Å². The lowest BCUT2D eigenvalue weighted by molar-refractivity contribution is 0.0674. The molecular formula is C16H19N3O. The van der Waals surface area contributed by atoms with E-state index < -0.39 is 0 Å². The summed E-state index contributed by atoms with van der Waals surface area (Å²) in [7, 11) is 0. The van der Waals surface area contributed by atoms with Crippen LogP contribution < -0.4 is 5.32 Å². The van der Waals surface area contributed by atoms with Crippen molar-refractivity contribution in [3.63, 3.8) is 0 Å². The van der Waals surface area contributed by atoms with E-state index in [4.69, 9.17) is 0 Å². The lowest BCUT2D eigenvalue weighted by Crippen LogP contribution is -2.55. The largest absolute Gasteiger partial charge is 0.336 e. The Morgan fingerprint density at radius 1 is 1.25 bits per heavy atom. The lowest BCUT2D eigenvalue weighted by Gasteiger charge is -2.36. The lowest BCUT2D eigenvalue weighted by atomic mass is 10.1. The molecule has 4 heteroatoms. The molecule has 1 fully saturated rings. The summed E-state index contributed by atoms with van der Waals surface area (Å²) in [5, 5.41) is 4.45. The van der Waals surface area contributed by atoms with Crippen LogP contribution in [0.4, 0.5) is 0 Å². The Balaban J connectivity index is 1.88. The minimum absolute atomic E-state index is 0.107. The van der Waals surface area contributed by atoms with Crippen LogP contribution in [0.1, 0.15) is 24.2 Å². The third kappa shape index (κ3) is 2.51. The summed E-state index contributed by atoms with van der Waals surface area (Å²) < 4.78 is 0. The van der Waals surface area contributed by atoms with Gasteiger partial charge in [0.1, 0.15) is 0 Å². The molecule has 104 valence electrons. The molecule has 0 radical (unpaired) electrons. The van der Waals surface area contributed by atoms with Crippen molar-refractivity contribution < 1.29 is 4.79 Å². The molecular weight excluding hydrogens is 250 g/mol. The number of carbonyl (C=O) groups excluding carboxylic acids is 1. The molecule has 0 aliphatic carbocycles. The van der Waals surface area contributed by atoms with Crippen molar-refractivity contribution in [2.75, 3.05) is 13.1 Å². The molecule has 20 heavy (non-hydrogen) atoms. The number of piperazine rings is 1. The number of hydrogen-bond donors (Lipinski definition) is 1. The second-order valence-corrected chi connectivity index (χ2v) is 5.59. The highest BCUT2D eigenvalue weighted by Crippen LogP contribution is 2.16. The fourth-order valence-corrected chi connectivity index (χ4v) is 2.88. The normalized spacial score (nSPS) is 23.0. The van der Waals surface area contributed by atoms with E-state index in [0.29, 0.717) is 12.1 Å². The van der Waals surface area contributed by atoms with E-state index in [1.165, 1.54) is 0 Å². The number of rotatable bonds is 1. The van der Waals surface area contributed by atoms with E-state index in [2.05, 4.69) is 24.1 Å². The van der Waals surface area contributed by atoms with E-state index in [1.807, 2.05) is 35.2 Å². The van der Waals surface area contributed by atoms with Crippen LogP contribution in [0.5, 0.6) is 0 Å². The third-order valence-corrected chi connectivity index (χ3v) is 3.69. The molecule has 1 N–H and O–H groups in total. The number of hydrogen-bond acceptors (Lipinski definition) is 3. The van der Waals surface area contributed by atoms with Gasteiger partial charge in [0.15, 0.2) is 0 Å². The zero-order valence-corrected chi connectivity index (χ0v) is 11.8. The molecule has 0 bridgehead atoms. The molecule has 1 saturated heterocycles. The highest BCUT2D eigenvalue weighted by molar-refractivity contribution is 5.98. The number of aromatic nitrogens is 1. The number of nitrogens with one attached hydrogen (secondary N) is 1. The summed E-state index contributed by atoms with van der Waals surface area (Å²) in [6, 6.07) is 10.3. The highest BCUT2D eigenvalue weighted by atomic mass is 16.2. The molecule has 2 heterocycles. The first-order chi connectivity index (χ1) is 9.63. The van der Waals surface area contributed by atoms with Crippen molar-refractivity contribution in [2.24, 2.45) is 0 Å². The topological polar surface area (TPSA) is 45.2 Å². The number of fused-ring (bicyclic) bond motifs is 1. The first kappa shape index (κ1) is 13.1. The minimum Gasteiger partial charge on any atom is -0.336 e. The van der Waals surface area contributed by atoms with Gasteiger partial charge in [-0.25, -0.2) is 0 Å². The van der Waals surface area contributed by atoms with Gasteiger partial charge >= 0.3 is 0 Å². The number of benzene rings is 1. The van der Waals surface area contributed by atoms with Gasteiger partial charge in [0, 0.05) is 42.3 Å². The van der Waals surface area contributed by atoms with Crippen molar-refractivity contribution >= 4 is 16.8 Å². The first-order valence-electron chi connectivity index (χ1n) is 7.03. The maximum absolute atomic E-state index is 12.6. The Bertz CT molecular complexity index is 630. The smallest absolute Gasteiger partial charge is 0.253 e. The quantitative estimate of drug-likeness (QED) is 0.862. The van der Waals surface area contributed by atoms with Crippen LogP contribution >= 0.6 is 0 Å². The molecule has 2 aromatic rings. The van der Waals surface area contributed by atoms with E-state index in [-0.39, 0.29) is 5.91 Å². The maximum atomic E-state index is 12.6. The van der Waals surface area contributed by atoms with Crippen molar-refractivity contribution in [1.82, 2.24) is 15.2 Å². The van der Waals surface area contributed by atoms with Gasteiger partial charge in [-0.1, -0.05) is 6.07 Å². The molecule has 1 aliphatic rings. The van der Waals surface area contributed by atoms with Crippen molar-refractivity contribution in [1.29, 1.82) is 0 Å². The molecule has 0 unspecified atom stereocenters. The molecule has 1 amide bonds. The van der Waals surface area contributed by atoms with E-state index in [0.717, 1.165) is 29.6 Å². The zero-order valence-electron chi connectivity index (χ0n) is 11.8. The fourth-order valence-electron chi connectivity index (χ4n) is 2.88. The molecule has 1 aliphatic heterocycles. The van der Waals surface area contributed by atoms with Crippen molar-refractivity contribution in [3.05, 3.63) is 42.1 Å². The summed E-state index contributed by atoms with van der Waals surface area (Å²) in [5.41, 5.74) is 1.66. The fraction of sp³-hybridized carbons (Fsp3) is 0.375. The van der Waals surface area contributed by atoms with Gasteiger partial charge in [0.25, 0.3) is 5.91 Å². The Kier molecular flexibility index (Phi) is 3.40. The number of pyridine rings is 1. The van der Waals surface area contributed by atoms with Crippen molar-refractivity contribution in [2.45, 2.75) is 25.9 Å². The molecule has 3 rings (SSSR count). The monoisotopic (exact) mass is 269 g/mol. The van der Waals surface area contributed by atoms with Crippen LogP contribution in [0, 0.1) is 0 Å². The molecule has 1 aromatic heterocycles. The van der Waals surface area contributed by atoms with E-state index >= 15 is 0 Å². The molecule has 4 nitrogen and oxygen atoms in total. The predicted molar refractivity (Wildman–Crippen MR) is 79.7 cm³/mol. The van der Waals surface area contributed by atoms with Crippen LogP contribution in [-0.4, -0.2) is 41.0 Å². The average molecular weight is 269 g/mol. The molecule has 2 atom stereocenters. The van der Waals surface area contributed by atoms with Crippen LogP contribution in [0.3, 0.4) is 0 Å². The summed E-state index contributed by atoms with van der Waals surface area (Å²) in [6.45, 7) is 5.74. The average Bonchev–Trinajstić information content (AvgIpc) is 2.45. The van der Waals surface area contributed by atoms with Crippen LogP contribution in [0.2, 0.25) is 0 Å². The van der Waals surface area contributed by atoms with Gasteiger partial charge in [0.2, 0.25) is 0 Å². The Labute approximate surface area is 118 Å². The second kappa shape index (κ2) is 5.21. The Morgan fingerprint density at radius 3 is 2.75 bits per heavy atom. The van der Waals surface area contributed by atoms with Crippen LogP contribution in [0.25, 0.3) is 10.9 Å². The third-order valence-electron chi connectivity index (χ3n) is 3.69. The summed E-state index contributed by atoms with van der Waals surface area (Å²) >= 11 is 0. The number of amides is 1. The molecule has 1 aromatic carbocycles. The second-order valence-electron chi connectivity index (χ2n) is 5.59. The van der Waals surface area contributed by atoms with Crippen LogP contribution in [-0.2, 0) is 0 Å². The summed E-state index contributed by atoms with van der Waals surface area (Å²) in [4.78, 5) is 18.8. The van der Waals surface area contributed by atoms with Gasteiger partial charge < -0.3 is 10.2 Å². The molecule has 0 spiro atoms. The first-order valence-corrected chi connectivity index (χ1v) is 7.03. The zero-order chi connectivity index (χ0) is 14.1. The summed E-state index contributed by atoms with van der Waals surface area (Å²) in [6.07, 6.45) is 1.77. The van der Waals surface area contributed by atoms with E-state index in [9.17, 15) is 4.79 Å². The Morgan fingerprint density at radius 2 is 2.00 bits per heavy atom. The number of carbonyl (C=O) groups is 1. The highest BCUT2D eigenvalue weighted by Gasteiger charge is 2.25. The standard InChI is InChI=1S/C16H19N3O/c1-11-9-19(10-12(2)18-11)16(20)14-5-6-15-13(8-14)4-3-7-17-15/h3-8,11-12,18H,9-10H2,1-2H3/t11-,12-/m1/s1. The van der Waals surface area contributed by atoms with Gasteiger partial charge in [-0.05, 0) is 38.1 Å².